The minimum Gasteiger partial charge on any atom is -0.463 e. The Kier molecular flexibility index (Phi) is 6.01. The summed E-state index contributed by atoms with van der Waals surface area (Å²) in [5.74, 6) is -11.7. The molecule has 2 atom stereocenters. The highest BCUT2D eigenvalue weighted by molar-refractivity contribution is 5.56. The van der Waals surface area contributed by atoms with Gasteiger partial charge in [-0.1, -0.05) is 18.2 Å². The van der Waals surface area contributed by atoms with Crippen LogP contribution in [0.1, 0.15) is 22.6 Å². The number of hydrogen-bond acceptors (Lipinski definition) is 7. The molecule has 3 aromatic rings. The zero-order valence-electron chi connectivity index (χ0n) is 17.8. The number of anilines is 3. The molecule has 0 saturated carbocycles. The molecular formula is C24H16F4N6O. The third-order valence-corrected chi connectivity index (χ3v) is 5.31. The first-order valence-electron chi connectivity index (χ1n) is 10.2. The summed E-state index contributed by atoms with van der Waals surface area (Å²) in [6, 6.07) is 16.0. The number of rotatable bonds is 5. The lowest BCUT2D eigenvalue weighted by molar-refractivity contribution is -0.248. The van der Waals surface area contributed by atoms with Crippen LogP contribution in [-0.2, 0) is 0 Å². The molecule has 1 aliphatic rings. The second-order valence-corrected chi connectivity index (χ2v) is 7.65. The van der Waals surface area contributed by atoms with Crippen molar-refractivity contribution in [2.24, 2.45) is 0 Å². The van der Waals surface area contributed by atoms with Gasteiger partial charge in [-0.25, -0.2) is 0 Å². The number of aromatic nitrogens is 2. The Bertz CT molecular complexity index is 1340. The Morgan fingerprint density at radius 2 is 1.46 bits per heavy atom. The first-order chi connectivity index (χ1) is 16.6. The molecule has 0 spiro atoms. The average Bonchev–Trinajstić information content (AvgIpc) is 2.83. The summed E-state index contributed by atoms with van der Waals surface area (Å²) in [5.41, 5.74) is 6.76. The molecule has 3 N–H and O–H groups in total. The summed E-state index contributed by atoms with van der Waals surface area (Å²) in [6.45, 7) is 0. The fraction of sp³-hybridized carbons (Fsp3) is 0.167. The lowest BCUT2D eigenvalue weighted by atomic mass is 9.82. The van der Waals surface area contributed by atoms with Crippen molar-refractivity contribution in [1.82, 2.24) is 9.97 Å². The quantitative estimate of drug-likeness (QED) is 0.393. The number of allylic oxidation sites excluding steroid dienone is 1. The predicted molar refractivity (Wildman–Crippen MR) is 118 cm³/mol. The van der Waals surface area contributed by atoms with Gasteiger partial charge >= 0.3 is 11.8 Å². The Morgan fingerprint density at radius 1 is 0.857 bits per heavy atom. The van der Waals surface area contributed by atoms with Gasteiger partial charge in [0, 0.05) is 11.8 Å². The molecule has 4 rings (SSSR count). The van der Waals surface area contributed by atoms with Crippen LogP contribution >= 0.6 is 0 Å². The standard InChI is InChI=1S/C24H16F4N6O/c25-23(26)18(16-5-1-14(12-29)2-6-16)9-10-19(24(23,27)28)35-21-11-20(31)33-22(34-21)32-17-7-3-15(13-30)4-8-17/h1-11,18-19H,(H3,31,32,33,34). The fourth-order valence-corrected chi connectivity index (χ4v) is 3.50. The summed E-state index contributed by atoms with van der Waals surface area (Å²) in [4.78, 5) is 7.87. The highest BCUT2D eigenvalue weighted by atomic mass is 19.3. The van der Waals surface area contributed by atoms with Gasteiger partial charge in [-0.2, -0.15) is 38.1 Å². The van der Waals surface area contributed by atoms with E-state index in [4.69, 9.17) is 21.0 Å². The van der Waals surface area contributed by atoms with Gasteiger partial charge in [0.15, 0.2) is 6.10 Å². The maximum absolute atomic E-state index is 14.9. The van der Waals surface area contributed by atoms with E-state index in [1.54, 1.807) is 12.1 Å². The smallest absolute Gasteiger partial charge is 0.350 e. The molecule has 11 heteroatoms. The number of nitrogens with two attached hydrogens (primary N) is 1. The number of nitriles is 2. The van der Waals surface area contributed by atoms with Gasteiger partial charge in [-0.3, -0.25) is 0 Å². The van der Waals surface area contributed by atoms with Crippen molar-refractivity contribution in [1.29, 1.82) is 10.5 Å². The third kappa shape index (κ3) is 4.57. The molecule has 0 fully saturated rings. The number of halogens is 4. The number of nitrogens with one attached hydrogen (secondary N) is 1. The molecule has 7 nitrogen and oxygen atoms in total. The SMILES string of the molecule is N#Cc1ccc(Nc2nc(N)cc(OC3C=CC(c4ccc(C#N)cc4)C(F)(F)C3(F)F)n2)cc1. The lowest BCUT2D eigenvalue weighted by Crippen LogP contribution is -2.56. The largest absolute Gasteiger partial charge is 0.463 e. The summed E-state index contributed by atoms with van der Waals surface area (Å²) in [7, 11) is 0. The summed E-state index contributed by atoms with van der Waals surface area (Å²) in [5, 5.41) is 20.5. The Labute approximate surface area is 197 Å². The van der Waals surface area contributed by atoms with E-state index in [0.717, 1.165) is 18.2 Å². The van der Waals surface area contributed by atoms with Crippen molar-refractivity contribution in [3.05, 3.63) is 83.4 Å². The number of nitrogens with zero attached hydrogens (tertiary/aromatic N) is 4. The molecular weight excluding hydrogens is 464 g/mol. The van der Waals surface area contributed by atoms with E-state index >= 15 is 0 Å². The second-order valence-electron chi connectivity index (χ2n) is 7.65. The minimum absolute atomic E-state index is 0.0661. The van der Waals surface area contributed by atoms with E-state index in [0.29, 0.717) is 11.3 Å². The van der Waals surface area contributed by atoms with Crippen LogP contribution in [0, 0.1) is 22.7 Å². The van der Waals surface area contributed by atoms with Gasteiger partial charge in [-0.05, 0) is 48.0 Å². The fourth-order valence-electron chi connectivity index (χ4n) is 3.50. The van der Waals surface area contributed by atoms with Crippen LogP contribution in [0.2, 0.25) is 0 Å². The van der Waals surface area contributed by atoms with Crippen molar-refractivity contribution < 1.29 is 22.3 Å². The van der Waals surface area contributed by atoms with Crippen molar-refractivity contribution in [2.45, 2.75) is 23.9 Å². The number of nitrogen functional groups attached to an aromatic ring is 1. The van der Waals surface area contributed by atoms with E-state index in [9.17, 15) is 17.6 Å². The molecule has 0 saturated heterocycles. The van der Waals surface area contributed by atoms with E-state index < -0.39 is 29.7 Å². The average molecular weight is 480 g/mol. The monoisotopic (exact) mass is 480 g/mol. The second kappa shape index (κ2) is 8.95. The normalized spacial score (nSPS) is 19.8. The van der Waals surface area contributed by atoms with Crippen LogP contribution in [0.15, 0.2) is 66.7 Å². The molecule has 2 aromatic carbocycles. The van der Waals surface area contributed by atoms with E-state index in [2.05, 4.69) is 15.3 Å². The van der Waals surface area contributed by atoms with Gasteiger partial charge < -0.3 is 15.8 Å². The maximum atomic E-state index is 14.9. The van der Waals surface area contributed by atoms with E-state index in [1.807, 2.05) is 12.1 Å². The van der Waals surface area contributed by atoms with Crippen molar-refractivity contribution in [3.63, 3.8) is 0 Å². The van der Waals surface area contributed by atoms with E-state index in [-0.39, 0.29) is 22.9 Å². The molecule has 0 aliphatic heterocycles. The minimum atomic E-state index is -4.60. The summed E-state index contributed by atoms with van der Waals surface area (Å²) >= 11 is 0. The zero-order chi connectivity index (χ0) is 25.2. The number of alkyl halides is 4. The lowest BCUT2D eigenvalue weighted by Gasteiger charge is -2.38. The Balaban J connectivity index is 1.58. The topological polar surface area (TPSA) is 121 Å². The van der Waals surface area contributed by atoms with Crippen LogP contribution in [0.25, 0.3) is 0 Å². The molecule has 1 heterocycles. The zero-order valence-corrected chi connectivity index (χ0v) is 17.8. The van der Waals surface area contributed by atoms with Crippen LogP contribution in [0.4, 0.5) is 35.0 Å². The van der Waals surface area contributed by atoms with E-state index in [1.165, 1.54) is 36.4 Å². The first-order valence-corrected chi connectivity index (χ1v) is 10.2. The molecule has 35 heavy (non-hydrogen) atoms. The third-order valence-electron chi connectivity index (χ3n) is 5.31. The van der Waals surface area contributed by atoms with Crippen molar-refractivity contribution in [2.75, 3.05) is 11.1 Å². The van der Waals surface area contributed by atoms with Gasteiger partial charge in [-0.15, -0.1) is 0 Å². The summed E-state index contributed by atoms with van der Waals surface area (Å²) < 4.78 is 64.9. The van der Waals surface area contributed by atoms with Crippen molar-refractivity contribution in [3.8, 4) is 18.0 Å². The van der Waals surface area contributed by atoms with Crippen LogP contribution in [0.3, 0.4) is 0 Å². The number of benzene rings is 2. The molecule has 0 bridgehead atoms. The molecule has 1 aromatic heterocycles. The molecule has 1 aliphatic carbocycles. The molecule has 2 unspecified atom stereocenters. The highest BCUT2D eigenvalue weighted by Gasteiger charge is 2.67. The van der Waals surface area contributed by atoms with Crippen LogP contribution in [-0.4, -0.2) is 27.9 Å². The maximum Gasteiger partial charge on any atom is 0.350 e. The Hall–Kier alpha value is -4.64. The highest BCUT2D eigenvalue weighted by Crippen LogP contribution is 2.51. The van der Waals surface area contributed by atoms with Gasteiger partial charge in [0.25, 0.3) is 0 Å². The predicted octanol–water partition coefficient (Wildman–Crippen LogP) is 4.92. The Morgan fingerprint density at radius 3 is 2.06 bits per heavy atom. The molecule has 0 radical (unpaired) electrons. The first kappa shape index (κ1) is 23.5. The van der Waals surface area contributed by atoms with Gasteiger partial charge in [0.05, 0.1) is 29.2 Å². The van der Waals surface area contributed by atoms with Crippen molar-refractivity contribution >= 4 is 17.5 Å². The summed E-state index contributed by atoms with van der Waals surface area (Å²) in [6.07, 6.45) is -0.528. The van der Waals surface area contributed by atoms with Gasteiger partial charge in [0.2, 0.25) is 11.8 Å². The molecule has 0 amide bonds. The van der Waals surface area contributed by atoms with Crippen LogP contribution in [0.5, 0.6) is 5.88 Å². The number of ether oxygens (including phenoxy) is 1. The number of hydrogen-bond donors (Lipinski definition) is 2. The van der Waals surface area contributed by atoms with Crippen LogP contribution < -0.4 is 15.8 Å². The molecule has 176 valence electrons. The van der Waals surface area contributed by atoms with Gasteiger partial charge in [0.1, 0.15) is 5.82 Å².